The van der Waals surface area contributed by atoms with E-state index in [1.165, 1.54) is 60.0 Å². The minimum atomic E-state index is 0.897. The minimum Gasteiger partial charge on any atom is -0.455 e. The number of rotatable bonds is 6. The molecule has 0 N–H and O–H groups in total. The van der Waals surface area contributed by atoms with Crippen LogP contribution in [-0.4, -0.2) is 0 Å². The Morgan fingerprint density at radius 1 is 0.283 bits per heavy atom. The van der Waals surface area contributed by atoms with Crippen LogP contribution in [0, 0.1) is 0 Å². The molecule has 0 saturated heterocycles. The predicted octanol–water partition coefficient (Wildman–Crippen LogP) is 16.7. The van der Waals surface area contributed by atoms with Crippen molar-refractivity contribution in [3.05, 3.63) is 224 Å². The van der Waals surface area contributed by atoms with Crippen molar-refractivity contribution in [2.75, 3.05) is 4.90 Å². The number of hydrogen-bond acceptors (Lipinski definition) is 2. The van der Waals surface area contributed by atoms with Gasteiger partial charge in [-0.25, -0.2) is 0 Å². The van der Waals surface area contributed by atoms with Crippen LogP contribution in [0.2, 0.25) is 0 Å². The summed E-state index contributed by atoms with van der Waals surface area (Å²) in [7, 11) is 0. The van der Waals surface area contributed by atoms with Gasteiger partial charge in [-0.1, -0.05) is 170 Å². The Bertz CT molecular complexity index is 3590. The molecule has 1 heterocycles. The zero-order chi connectivity index (χ0) is 39.6. The monoisotopic (exact) mass is 763 g/mol. The maximum Gasteiger partial charge on any atom is 0.143 e. The third-order valence-corrected chi connectivity index (χ3v) is 12.2. The number of anilines is 3. The number of furan rings is 1. The van der Waals surface area contributed by atoms with E-state index >= 15 is 0 Å². The van der Waals surface area contributed by atoms with Gasteiger partial charge in [-0.3, -0.25) is 0 Å². The Morgan fingerprint density at radius 3 is 1.62 bits per heavy atom. The first-order chi connectivity index (χ1) is 29.7. The fourth-order valence-corrected chi connectivity index (χ4v) is 9.40. The first-order valence-electron chi connectivity index (χ1n) is 20.6. The van der Waals surface area contributed by atoms with Gasteiger partial charge in [-0.2, -0.15) is 0 Å². The van der Waals surface area contributed by atoms with Gasteiger partial charge in [0.1, 0.15) is 11.2 Å². The number of fused-ring (bicyclic) bond motifs is 9. The summed E-state index contributed by atoms with van der Waals surface area (Å²) in [4.78, 5) is 2.38. The van der Waals surface area contributed by atoms with Gasteiger partial charge in [0.25, 0.3) is 0 Å². The summed E-state index contributed by atoms with van der Waals surface area (Å²) in [5, 5.41) is 12.1. The average Bonchev–Trinajstić information content (AvgIpc) is 3.72. The summed E-state index contributed by atoms with van der Waals surface area (Å²) in [5.74, 6) is 0. The van der Waals surface area contributed by atoms with Gasteiger partial charge in [-0.15, -0.1) is 0 Å². The Morgan fingerprint density at radius 2 is 0.850 bits per heavy atom. The summed E-state index contributed by atoms with van der Waals surface area (Å²) in [5.41, 5.74) is 12.2. The predicted molar refractivity (Wildman–Crippen MR) is 255 cm³/mol. The molecule has 0 aliphatic heterocycles. The highest BCUT2D eigenvalue weighted by atomic mass is 16.3. The maximum absolute atomic E-state index is 6.56. The summed E-state index contributed by atoms with van der Waals surface area (Å²) in [6.45, 7) is 0. The van der Waals surface area contributed by atoms with Gasteiger partial charge in [0.05, 0.1) is 0 Å². The number of benzene rings is 11. The lowest BCUT2D eigenvalue weighted by atomic mass is 9.93. The van der Waals surface area contributed by atoms with E-state index in [0.29, 0.717) is 0 Å². The largest absolute Gasteiger partial charge is 0.455 e. The molecule has 0 bridgehead atoms. The van der Waals surface area contributed by atoms with Gasteiger partial charge in [-0.05, 0) is 126 Å². The second kappa shape index (κ2) is 13.9. The molecular formula is C58H37NO. The molecule has 0 radical (unpaired) electrons. The van der Waals surface area contributed by atoms with Gasteiger partial charge in [0.2, 0.25) is 0 Å². The smallest absolute Gasteiger partial charge is 0.143 e. The van der Waals surface area contributed by atoms with E-state index in [1.54, 1.807) is 0 Å². The normalized spacial score (nSPS) is 11.7. The molecule has 0 unspecified atom stereocenters. The van der Waals surface area contributed by atoms with Crippen LogP contribution in [0.25, 0.3) is 98.4 Å². The highest BCUT2D eigenvalue weighted by Crippen LogP contribution is 2.43. The van der Waals surface area contributed by atoms with Crippen LogP contribution in [0.1, 0.15) is 0 Å². The van der Waals surface area contributed by atoms with Crippen molar-refractivity contribution in [2.45, 2.75) is 0 Å². The molecule has 12 rings (SSSR count). The summed E-state index contributed by atoms with van der Waals surface area (Å²) in [6.07, 6.45) is 0. The second-order valence-electron chi connectivity index (χ2n) is 15.6. The second-order valence-corrected chi connectivity index (χ2v) is 15.6. The number of hydrogen-bond donors (Lipinski definition) is 0. The van der Waals surface area contributed by atoms with E-state index in [1.807, 2.05) is 0 Å². The quantitative estimate of drug-likeness (QED) is 0.157. The Kier molecular flexibility index (Phi) is 7.89. The molecule has 0 fully saturated rings. The lowest BCUT2D eigenvalue weighted by Gasteiger charge is -2.26. The average molecular weight is 764 g/mol. The van der Waals surface area contributed by atoms with Crippen molar-refractivity contribution in [1.82, 2.24) is 0 Å². The van der Waals surface area contributed by atoms with Gasteiger partial charge >= 0.3 is 0 Å². The zero-order valence-electron chi connectivity index (χ0n) is 32.7. The number of nitrogens with zero attached hydrogens (tertiary/aromatic N) is 1. The van der Waals surface area contributed by atoms with Gasteiger partial charge in [0.15, 0.2) is 0 Å². The molecule has 60 heavy (non-hydrogen) atoms. The molecule has 280 valence electrons. The fraction of sp³-hybridized carbons (Fsp3) is 0. The van der Waals surface area contributed by atoms with Crippen LogP contribution < -0.4 is 4.90 Å². The van der Waals surface area contributed by atoms with E-state index in [2.05, 4.69) is 229 Å². The molecule has 12 aromatic rings. The lowest BCUT2D eigenvalue weighted by molar-refractivity contribution is 0.673. The van der Waals surface area contributed by atoms with Crippen LogP contribution in [0.4, 0.5) is 17.1 Å². The molecule has 2 nitrogen and oxygen atoms in total. The highest BCUT2D eigenvalue weighted by Gasteiger charge is 2.18. The van der Waals surface area contributed by atoms with Crippen molar-refractivity contribution < 1.29 is 4.42 Å². The molecule has 0 amide bonds. The summed E-state index contributed by atoms with van der Waals surface area (Å²) in [6, 6.07) is 81.2. The Hall–Kier alpha value is -7.94. The summed E-state index contributed by atoms with van der Waals surface area (Å²) >= 11 is 0. The maximum atomic E-state index is 6.56. The Balaban J connectivity index is 0.994. The van der Waals surface area contributed by atoms with E-state index in [4.69, 9.17) is 4.42 Å². The first-order valence-corrected chi connectivity index (χ1v) is 20.6. The van der Waals surface area contributed by atoms with Crippen molar-refractivity contribution in [3.63, 3.8) is 0 Å². The van der Waals surface area contributed by atoms with Crippen molar-refractivity contribution in [3.8, 4) is 33.4 Å². The molecule has 11 aromatic carbocycles. The van der Waals surface area contributed by atoms with E-state index in [0.717, 1.165) is 55.5 Å². The molecule has 0 saturated carbocycles. The SMILES string of the molecule is c1cc(-c2cccc3ccccc23)cc(N(c2ccc(-c3cc4ccccc4c4ccccc34)cc2)c2ccc(-c3cccc4oc5c6ccccc6ccc5c34)cc2)c1. The Labute approximate surface area is 347 Å². The minimum absolute atomic E-state index is 0.897. The standard InChI is InChI=1S/C58H37NO/c1-4-18-47-38(12-1)15-10-23-48(47)42-16-9-17-46(36-42)59(45-33-28-41(29-34-45)55-37-43-14-3-5-19-49(43)52-21-7-8-22-53(52)55)44-31-26-40(27-32-44)50-24-11-25-56-57(50)54-35-30-39-13-2-6-20-51(39)58(54)60-56/h1-37H. The third kappa shape index (κ3) is 5.57. The van der Waals surface area contributed by atoms with E-state index in [-0.39, 0.29) is 0 Å². The molecule has 2 heteroatoms. The highest BCUT2D eigenvalue weighted by molar-refractivity contribution is 6.19. The van der Waals surface area contributed by atoms with Crippen molar-refractivity contribution in [1.29, 1.82) is 0 Å². The molecule has 0 atom stereocenters. The lowest BCUT2D eigenvalue weighted by Crippen LogP contribution is -2.10. The van der Waals surface area contributed by atoms with Gasteiger partial charge in [0, 0.05) is 33.2 Å². The molecule has 1 aromatic heterocycles. The van der Waals surface area contributed by atoms with E-state index in [9.17, 15) is 0 Å². The third-order valence-electron chi connectivity index (χ3n) is 12.2. The van der Waals surface area contributed by atoms with Crippen LogP contribution in [0.15, 0.2) is 229 Å². The molecular weight excluding hydrogens is 727 g/mol. The zero-order valence-corrected chi connectivity index (χ0v) is 32.7. The van der Waals surface area contributed by atoms with E-state index < -0.39 is 0 Å². The fourth-order valence-electron chi connectivity index (χ4n) is 9.40. The molecule has 0 aliphatic rings. The van der Waals surface area contributed by atoms with Crippen molar-refractivity contribution >= 4 is 82.1 Å². The first kappa shape index (κ1) is 34.1. The van der Waals surface area contributed by atoms with Gasteiger partial charge < -0.3 is 9.32 Å². The van der Waals surface area contributed by atoms with Crippen LogP contribution in [0.5, 0.6) is 0 Å². The summed E-state index contributed by atoms with van der Waals surface area (Å²) < 4.78 is 6.56. The molecule has 0 aliphatic carbocycles. The van der Waals surface area contributed by atoms with Crippen molar-refractivity contribution in [2.24, 2.45) is 0 Å². The van der Waals surface area contributed by atoms with Crippen LogP contribution in [-0.2, 0) is 0 Å². The van der Waals surface area contributed by atoms with Crippen LogP contribution >= 0.6 is 0 Å². The topological polar surface area (TPSA) is 16.4 Å². The molecule has 0 spiro atoms. The van der Waals surface area contributed by atoms with Crippen LogP contribution in [0.3, 0.4) is 0 Å².